The number of aliphatic hydroxyl groups is 1. The van der Waals surface area contributed by atoms with Crippen LogP contribution >= 0.6 is 0 Å². The van der Waals surface area contributed by atoms with Gasteiger partial charge in [0.1, 0.15) is 35.2 Å². The van der Waals surface area contributed by atoms with Crippen molar-refractivity contribution in [3.05, 3.63) is 65.2 Å². The molecule has 0 aliphatic carbocycles. The number of hydrogen-bond donors (Lipinski definition) is 1. The van der Waals surface area contributed by atoms with E-state index in [-0.39, 0.29) is 12.8 Å². The first kappa shape index (κ1) is 20.3. The summed E-state index contributed by atoms with van der Waals surface area (Å²) < 4.78 is 39.1. The minimum atomic E-state index is -1.65. The van der Waals surface area contributed by atoms with Crippen molar-refractivity contribution in [2.45, 2.75) is 44.6 Å². The molecule has 5 heteroatoms. The third-order valence-corrected chi connectivity index (χ3v) is 5.34. The van der Waals surface area contributed by atoms with Crippen molar-refractivity contribution in [2.24, 2.45) is 0 Å². The van der Waals surface area contributed by atoms with Crippen LogP contribution in [-0.4, -0.2) is 24.5 Å². The molecule has 0 spiro atoms. The van der Waals surface area contributed by atoms with Gasteiger partial charge in [-0.15, -0.1) is 0 Å². The molecule has 1 N–H and O–H groups in total. The molecule has 28 heavy (non-hydrogen) atoms. The van der Waals surface area contributed by atoms with Crippen LogP contribution in [0.25, 0.3) is 11.0 Å². The number of halogens is 2. The molecule has 2 aromatic carbocycles. The number of rotatable bonds is 7. The standard InChI is InChI=1S/C23H26F2O3/c1-15-17-7-5-6-8-19(17)28-21(15)12-23(26,14-24)13-22(2,3)18-11-16(25)9-10-20(18)27-4/h5-11,26H,12-14H2,1-4H3. The number of benzene rings is 2. The lowest BCUT2D eigenvalue weighted by Crippen LogP contribution is -2.41. The second-order valence-corrected chi connectivity index (χ2v) is 8.09. The Hall–Kier alpha value is -2.40. The molecule has 150 valence electrons. The zero-order valence-electron chi connectivity index (χ0n) is 16.7. The van der Waals surface area contributed by atoms with Crippen molar-refractivity contribution in [1.29, 1.82) is 0 Å². The summed E-state index contributed by atoms with van der Waals surface area (Å²) in [7, 11) is 1.51. The fourth-order valence-corrected chi connectivity index (χ4v) is 3.98. The van der Waals surface area contributed by atoms with Crippen molar-refractivity contribution < 1.29 is 23.0 Å². The predicted molar refractivity (Wildman–Crippen MR) is 106 cm³/mol. The summed E-state index contributed by atoms with van der Waals surface area (Å²) in [6.45, 7) is 4.65. The topological polar surface area (TPSA) is 42.6 Å². The smallest absolute Gasteiger partial charge is 0.134 e. The van der Waals surface area contributed by atoms with Crippen molar-refractivity contribution in [3.63, 3.8) is 0 Å². The van der Waals surface area contributed by atoms with Crippen LogP contribution in [0.5, 0.6) is 5.75 Å². The van der Waals surface area contributed by atoms with Gasteiger partial charge < -0.3 is 14.3 Å². The van der Waals surface area contributed by atoms with E-state index in [0.717, 1.165) is 10.9 Å². The molecule has 0 amide bonds. The van der Waals surface area contributed by atoms with Crippen molar-refractivity contribution in [3.8, 4) is 5.75 Å². The van der Waals surface area contributed by atoms with Crippen LogP contribution in [0.2, 0.25) is 0 Å². The highest BCUT2D eigenvalue weighted by Gasteiger charge is 2.39. The fraction of sp³-hybridized carbons (Fsp3) is 0.391. The zero-order valence-corrected chi connectivity index (χ0v) is 16.7. The molecular weight excluding hydrogens is 362 g/mol. The Balaban J connectivity index is 1.93. The molecule has 0 bridgehead atoms. The van der Waals surface area contributed by atoms with Gasteiger partial charge in [0.05, 0.1) is 7.11 Å². The number of methoxy groups -OCH3 is 1. The Morgan fingerprint density at radius 2 is 1.86 bits per heavy atom. The van der Waals surface area contributed by atoms with E-state index in [0.29, 0.717) is 22.7 Å². The normalized spacial score (nSPS) is 14.2. The van der Waals surface area contributed by atoms with Crippen LogP contribution < -0.4 is 4.74 Å². The minimum Gasteiger partial charge on any atom is -0.496 e. The molecule has 1 atom stereocenters. The average Bonchev–Trinajstić information content (AvgIpc) is 2.97. The van der Waals surface area contributed by atoms with E-state index in [2.05, 4.69) is 0 Å². The summed E-state index contributed by atoms with van der Waals surface area (Å²) in [5, 5.41) is 12.0. The SMILES string of the molecule is COc1ccc(F)cc1C(C)(C)CC(O)(CF)Cc1oc2ccccc2c1C. The Morgan fingerprint density at radius 3 is 2.50 bits per heavy atom. The van der Waals surface area contributed by atoms with E-state index in [1.807, 2.05) is 45.0 Å². The van der Waals surface area contributed by atoms with Gasteiger partial charge in [0.15, 0.2) is 0 Å². The summed E-state index contributed by atoms with van der Waals surface area (Å²) in [5.74, 6) is 0.664. The highest BCUT2D eigenvalue weighted by atomic mass is 19.1. The van der Waals surface area contributed by atoms with E-state index >= 15 is 0 Å². The maximum atomic E-state index is 14.0. The molecule has 3 nitrogen and oxygen atoms in total. The van der Waals surface area contributed by atoms with E-state index in [1.165, 1.54) is 19.2 Å². The largest absolute Gasteiger partial charge is 0.496 e. The number of fused-ring (bicyclic) bond motifs is 1. The monoisotopic (exact) mass is 388 g/mol. The number of aryl methyl sites for hydroxylation is 1. The molecule has 1 heterocycles. The van der Waals surface area contributed by atoms with Crippen molar-refractivity contribution in [1.82, 2.24) is 0 Å². The van der Waals surface area contributed by atoms with E-state index in [1.54, 1.807) is 6.07 Å². The van der Waals surface area contributed by atoms with Gasteiger partial charge in [-0.3, -0.25) is 0 Å². The summed E-state index contributed by atoms with van der Waals surface area (Å²) >= 11 is 0. The molecule has 3 rings (SSSR count). The summed E-state index contributed by atoms with van der Waals surface area (Å²) in [4.78, 5) is 0. The third-order valence-electron chi connectivity index (χ3n) is 5.34. The lowest BCUT2D eigenvalue weighted by atomic mass is 9.73. The molecule has 1 aromatic heterocycles. The van der Waals surface area contributed by atoms with Gasteiger partial charge in [0, 0.05) is 17.4 Å². The van der Waals surface area contributed by atoms with Crippen LogP contribution in [0.4, 0.5) is 8.78 Å². The Morgan fingerprint density at radius 1 is 1.14 bits per heavy atom. The Bertz CT molecular complexity index is 977. The van der Waals surface area contributed by atoms with Gasteiger partial charge in [-0.2, -0.15) is 0 Å². The van der Waals surface area contributed by atoms with Gasteiger partial charge in [-0.1, -0.05) is 32.0 Å². The van der Waals surface area contributed by atoms with Gasteiger partial charge in [0.2, 0.25) is 0 Å². The number of para-hydroxylation sites is 1. The van der Waals surface area contributed by atoms with Crippen LogP contribution in [0.3, 0.4) is 0 Å². The lowest BCUT2D eigenvalue weighted by Gasteiger charge is -2.35. The van der Waals surface area contributed by atoms with E-state index in [9.17, 15) is 13.9 Å². The van der Waals surface area contributed by atoms with Gasteiger partial charge >= 0.3 is 0 Å². The van der Waals surface area contributed by atoms with Crippen molar-refractivity contribution in [2.75, 3.05) is 13.8 Å². The van der Waals surface area contributed by atoms with Gasteiger partial charge in [-0.05, 0) is 48.6 Å². The van der Waals surface area contributed by atoms with Crippen molar-refractivity contribution >= 4 is 11.0 Å². The van der Waals surface area contributed by atoms with E-state index in [4.69, 9.17) is 9.15 Å². The first-order valence-electron chi connectivity index (χ1n) is 9.28. The third kappa shape index (κ3) is 3.90. The summed E-state index contributed by atoms with van der Waals surface area (Å²) in [5.41, 5.74) is -0.192. The van der Waals surface area contributed by atoms with Crippen LogP contribution in [0, 0.1) is 12.7 Å². The number of furan rings is 1. The molecule has 0 aliphatic rings. The second kappa shape index (κ2) is 7.55. The second-order valence-electron chi connectivity index (χ2n) is 8.09. The van der Waals surface area contributed by atoms with E-state index < -0.39 is 23.5 Å². The highest BCUT2D eigenvalue weighted by Crippen LogP contribution is 2.40. The van der Waals surface area contributed by atoms with Crippen LogP contribution in [-0.2, 0) is 11.8 Å². The fourth-order valence-electron chi connectivity index (χ4n) is 3.98. The Kier molecular flexibility index (Phi) is 5.48. The quantitative estimate of drug-likeness (QED) is 0.581. The molecule has 0 fully saturated rings. The molecular formula is C23H26F2O3. The Labute approximate surface area is 163 Å². The molecule has 0 saturated heterocycles. The minimum absolute atomic E-state index is 0.0328. The summed E-state index contributed by atoms with van der Waals surface area (Å²) in [6, 6.07) is 11.8. The van der Waals surface area contributed by atoms with Crippen LogP contribution in [0.15, 0.2) is 46.9 Å². The molecule has 0 radical (unpaired) electrons. The maximum absolute atomic E-state index is 14.0. The lowest BCUT2D eigenvalue weighted by molar-refractivity contribution is -0.0125. The molecule has 1 unspecified atom stereocenters. The number of ether oxygens (including phenoxy) is 1. The molecule has 0 aliphatic heterocycles. The summed E-state index contributed by atoms with van der Waals surface area (Å²) in [6.07, 6.45) is 0.109. The zero-order chi connectivity index (χ0) is 20.5. The van der Waals surface area contributed by atoms with Crippen LogP contribution in [0.1, 0.15) is 37.2 Å². The first-order chi connectivity index (χ1) is 13.2. The van der Waals surface area contributed by atoms with Gasteiger partial charge in [-0.25, -0.2) is 8.78 Å². The van der Waals surface area contributed by atoms with Gasteiger partial charge in [0.25, 0.3) is 0 Å². The maximum Gasteiger partial charge on any atom is 0.134 e. The molecule has 3 aromatic rings. The number of hydrogen-bond acceptors (Lipinski definition) is 3. The molecule has 0 saturated carbocycles. The number of alkyl halides is 1. The average molecular weight is 388 g/mol. The first-order valence-corrected chi connectivity index (χ1v) is 9.28. The predicted octanol–water partition coefficient (Wildman–Crippen LogP) is 5.50. The highest BCUT2D eigenvalue weighted by molar-refractivity contribution is 5.81.